The molecule has 0 bridgehead atoms. The minimum Gasteiger partial charge on any atom is -0.330 e. The number of para-hydroxylation sites is 1. The highest BCUT2D eigenvalue weighted by atomic mass is 32.2. The molecule has 0 heterocycles. The van der Waals surface area contributed by atoms with Gasteiger partial charge in [0.05, 0.1) is 11.4 Å². The van der Waals surface area contributed by atoms with E-state index in [-0.39, 0.29) is 5.75 Å². The molecule has 0 aliphatic rings. The van der Waals surface area contributed by atoms with Crippen molar-refractivity contribution in [1.29, 1.82) is 0 Å². The van der Waals surface area contributed by atoms with Gasteiger partial charge in [0.25, 0.3) is 0 Å². The molecule has 0 saturated carbocycles. The van der Waals surface area contributed by atoms with Crippen molar-refractivity contribution in [3.63, 3.8) is 0 Å². The Hall–Kier alpha value is -1.07. The monoisotopic (exact) mass is 228 g/mol. The molecule has 0 unspecified atom stereocenters. The second-order valence-electron chi connectivity index (χ2n) is 3.38. The van der Waals surface area contributed by atoms with Crippen LogP contribution < -0.4 is 10.5 Å². The summed E-state index contributed by atoms with van der Waals surface area (Å²) in [6, 6.07) is 7.27. The maximum Gasteiger partial charge on any atom is 0.232 e. The van der Waals surface area contributed by atoms with Crippen LogP contribution in [0.4, 0.5) is 5.69 Å². The first-order chi connectivity index (χ1) is 7.05. The van der Waals surface area contributed by atoms with Crippen LogP contribution in [-0.2, 0) is 10.0 Å². The summed E-state index contributed by atoms with van der Waals surface area (Å²) < 4.78 is 25.6. The third kappa shape index (κ3) is 3.89. The summed E-state index contributed by atoms with van der Waals surface area (Å²) in [4.78, 5) is 0. The zero-order valence-corrected chi connectivity index (χ0v) is 9.55. The van der Waals surface area contributed by atoms with Crippen molar-refractivity contribution in [1.82, 2.24) is 0 Å². The van der Waals surface area contributed by atoms with E-state index in [2.05, 4.69) is 4.72 Å². The third-order valence-corrected chi connectivity index (χ3v) is 3.38. The molecule has 0 fully saturated rings. The first-order valence-corrected chi connectivity index (χ1v) is 6.46. The molecule has 0 aliphatic heterocycles. The Kier molecular flexibility index (Phi) is 4.11. The van der Waals surface area contributed by atoms with Crippen molar-refractivity contribution < 1.29 is 8.42 Å². The Balaban J connectivity index is 2.74. The van der Waals surface area contributed by atoms with Gasteiger partial charge >= 0.3 is 0 Å². The number of rotatable bonds is 5. The molecule has 4 nitrogen and oxygen atoms in total. The van der Waals surface area contributed by atoms with E-state index in [1.54, 1.807) is 12.1 Å². The summed E-state index contributed by atoms with van der Waals surface area (Å²) in [5, 5.41) is 0. The van der Waals surface area contributed by atoms with E-state index in [0.717, 1.165) is 5.56 Å². The fourth-order valence-corrected chi connectivity index (χ4v) is 2.39. The van der Waals surface area contributed by atoms with Crippen LogP contribution in [0.5, 0.6) is 0 Å². The Labute approximate surface area is 90.5 Å². The Bertz CT molecular complexity index is 415. The second-order valence-corrected chi connectivity index (χ2v) is 5.22. The lowest BCUT2D eigenvalue weighted by atomic mass is 10.2. The highest BCUT2D eigenvalue weighted by Crippen LogP contribution is 2.14. The van der Waals surface area contributed by atoms with Crippen LogP contribution in [0.1, 0.15) is 12.0 Å². The topological polar surface area (TPSA) is 72.2 Å². The van der Waals surface area contributed by atoms with Crippen LogP contribution in [-0.4, -0.2) is 20.7 Å². The molecule has 1 aromatic carbocycles. The lowest BCUT2D eigenvalue weighted by molar-refractivity contribution is 0.598. The van der Waals surface area contributed by atoms with E-state index in [0.29, 0.717) is 18.7 Å². The molecule has 0 aliphatic carbocycles. The second kappa shape index (κ2) is 5.14. The van der Waals surface area contributed by atoms with E-state index in [9.17, 15) is 8.42 Å². The van der Waals surface area contributed by atoms with Crippen molar-refractivity contribution >= 4 is 15.7 Å². The van der Waals surface area contributed by atoms with E-state index in [1.807, 2.05) is 19.1 Å². The molecule has 0 amide bonds. The maximum atomic E-state index is 11.5. The molecule has 5 heteroatoms. The van der Waals surface area contributed by atoms with Gasteiger partial charge < -0.3 is 5.73 Å². The molecule has 15 heavy (non-hydrogen) atoms. The molecule has 84 valence electrons. The molecule has 3 N–H and O–H groups in total. The van der Waals surface area contributed by atoms with Gasteiger partial charge in [0.2, 0.25) is 10.0 Å². The van der Waals surface area contributed by atoms with Gasteiger partial charge in [-0.2, -0.15) is 0 Å². The maximum absolute atomic E-state index is 11.5. The molecule has 0 atom stereocenters. The van der Waals surface area contributed by atoms with Crippen LogP contribution in [0, 0.1) is 6.92 Å². The van der Waals surface area contributed by atoms with Gasteiger partial charge in [-0.3, -0.25) is 4.72 Å². The highest BCUT2D eigenvalue weighted by Gasteiger charge is 2.10. The average molecular weight is 228 g/mol. The zero-order valence-electron chi connectivity index (χ0n) is 8.73. The van der Waals surface area contributed by atoms with Gasteiger partial charge in [-0.15, -0.1) is 0 Å². The molecule has 0 aromatic heterocycles. The number of hydrogen-bond acceptors (Lipinski definition) is 3. The van der Waals surface area contributed by atoms with Gasteiger partial charge in [-0.1, -0.05) is 18.2 Å². The van der Waals surface area contributed by atoms with Gasteiger partial charge in [0.15, 0.2) is 0 Å². The van der Waals surface area contributed by atoms with Crippen molar-refractivity contribution in [3.8, 4) is 0 Å². The Morgan fingerprint density at radius 3 is 2.60 bits per heavy atom. The Morgan fingerprint density at radius 1 is 1.33 bits per heavy atom. The standard InChI is InChI=1S/C10H16N2O2S/c1-9-5-2-3-6-10(9)12-15(13,14)8-4-7-11/h2-3,5-6,12H,4,7-8,11H2,1H3. The molecular formula is C10H16N2O2S. The summed E-state index contributed by atoms with van der Waals surface area (Å²) in [5.41, 5.74) is 6.81. The van der Waals surface area contributed by atoms with Gasteiger partial charge in [0.1, 0.15) is 0 Å². The van der Waals surface area contributed by atoms with Crippen molar-refractivity contribution in [3.05, 3.63) is 29.8 Å². The summed E-state index contributed by atoms with van der Waals surface area (Å²) in [6.07, 6.45) is 0.473. The molecule has 0 saturated heterocycles. The quantitative estimate of drug-likeness (QED) is 0.792. The van der Waals surface area contributed by atoms with Crippen LogP contribution in [0.25, 0.3) is 0 Å². The van der Waals surface area contributed by atoms with Crippen molar-refractivity contribution in [2.75, 3.05) is 17.0 Å². The number of benzene rings is 1. The largest absolute Gasteiger partial charge is 0.330 e. The summed E-state index contributed by atoms with van der Waals surface area (Å²) in [7, 11) is -3.25. The van der Waals surface area contributed by atoms with Gasteiger partial charge in [0, 0.05) is 0 Å². The van der Waals surface area contributed by atoms with Crippen molar-refractivity contribution in [2.45, 2.75) is 13.3 Å². The van der Waals surface area contributed by atoms with Crippen molar-refractivity contribution in [2.24, 2.45) is 5.73 Å². The van der Waals surface area contributed by atoms with E-state index >= 15 is 0 Å². The molecular weight excluding hydrogens is 212 g/mol. The van der Waals surface area contributed by atoms with Gasteiger partial charge in [-0.25, -0.2) is 8.42 Å². The SMILES string of the molecule is Cc1ccccc1NS(=O)(=O)CCCN. The predicted octanol–water partition coefficient (Wildman–Crippen LogP) is 1.09. The number of hydrogen-bond donors (Lipinski definition) is 2. The fraction of sp³-hybridized carbons (Fsp3) is 0.400. The first-order valence-electron chi connectivity index (χ1n) is 4.81. The van der Waals surface area contributed by atoms with Crippen LogP contribution >= 0.6 is 0 Å². The summed E-state index contributed by atoms with van der Waals surface area (Å²) >= 11 is 0. The minimum atomic E-state index is -3.25. The molecule has 0 spiro atoms. The smallest absolute Gasteiger partial charge is 0.232 e. The summed E-state index contributed by atoms with van der Waals surface area (Å²) in [5.74, 6) is 0.0673. The highest BCUT2D eigenvalue weighted by molar-refractivity contribution is 7.92. The number of anilines is 1. The van der Waals surface area contributed by atoms with Crippen LogP contribution in [0.3, 0.4) is 0 Å². The normalized spacial score (nSPS) is 11.3. The zero-order chi connectivity index (χ0) is 11.3. The number of aryl methyl sites for hydroxylation is 1. The Morgan fingerprint density at radius 2 is 2.00 bits per heavy atom. The number of nitrogens with one attached hydrogen (secondary N) is 1. The van der Waals surface area contributed by atoms with Gasteiger partial charge in [-0.05, 0) is 31.5 Å². The lowest BCUT2D eigenvalue weighted by Gasteiger charge is -2.09. The molecule has 1 aromatic rings. The van der Waals surface area contributed by atoms with E-state index < -0.39 is 10.0 Å². The lowest BCUT2D eigenvalue weighted by Crippen LogP contribution is -2.19. The first kappa shape index (κ1) is 12.0. The minimum absolute atomic E-state index is 0.0673. The van der Waals surface area contributed by atoms with Crippen LogP contribution in [0.15, 0.2) is 24.3 Å². The van der Waals surface area contributed by atoms with E-state index in [4.69, 9.17) is 5.73 Å². The third-order valence-electron chi connectivity index (χ3n) is 2.03. The number of nitrogens with two attached hydrogens (primary N) is 1. The average Bonchev–Trinajstić information content (AvgIpc) is 2.18. The fourth-order valence-electron chi connectivity index (χ4n) is 1.18. The van der Waals surface area contributed by atoms with E-state index in [1.165, 1.54) is 0 Å². The molecule has 1 rings (SSSR count). The van der Waals surface area contributed by atoms with Crippen LogP contribution in [0.2, 0.25) is 0 Å². The molecule has 0 radical (unpaired) electrons. The summed E-state index contributed by atoms with van der Waals surface area (Å²) in [6.45, 7) is 2.25. The number of sulfonamides is 1. The predicted molar refractivity (Wildman–Crippen MR) is 62.3 cm³/mol.